The van der Waals surface area contributed by atoms with Crippen LogP contribution in [0.25, 0.3) is 5.57 Å². The van der Waals surface area contributed by atoms with Crippen molar-refractivity contribution >= 4 is 17.0 Å². The highest BCUT2D eigenvalue weighted by Gasteiger charge is 2.11. The molecule has 0 aliphatic heterocycles. The highest BCUT2D eigenvalue weighted by molar-refractivity contribution is 6.07. The molecule has 3 nitrogen and oxygen atoms in total. The molecule has 1 aliphatic rings. The summed E-state index contributed by atoms with van der Waals surface area (Å²) in [6.45, 7) is 2.85. The van der Waals surface area contributed by atoms with Gasteiger partial charge >= 0.3 is 0 Å². The van der Waals surface area contributed by atoms with Gasteiger partial charge in [0.05, 0.1) is 5.71 Å². The fraction of sp³-hybridized carbons (Fsp3) is 0.182. The van der Waals surface area contributed by atoms with Crippen molar-refractivity contribution in [1.82, 2.24) is 4.98 Å². The van der Waals surface area contributed by atoms with Gasteiger partial charge in [-0.2, -0.15) is 0 Å². The first kappa shape index (κ1) is 16.9. The van der Waals surface area contributed by atoms with Gasteiger partial charge in [0.2, 0.25) is 0 Å². The number of hydrogen-bond donors (Lipinski definition) is 0. The van der Waals surface area contributed by atoms with E-state index in [0.717, 1.165) is 17.8 Å². The number of benzene rings is 1. The van der Waals surface area contributed by atoms with Crippen molar-refractivity contribution < 1.29 is 0 Å². The van der Waals surface area contributed by atoms with Gasteiger partial charge in [-0.15, -0.1) is 0 Å². The third-order valence-electron chi connectivity index (χ3n) is 4.12. The first-order valence-electron chi connectivity index (χ1n) is 8.52. The van der Waals surface area contributed by atoms with E-state index in [2.05, 4.69) is 83.6 Å². The molecule has 25 heavy (non-hydrogen) atoms. The maximum absolute atomic E-state index is 4.46. The number of rotatable bonds is 4. The van der Waals surface area contributed by atoms with Crippen LogP contribution in [0.15, 0.2) is 83.7 Å². The maximum Gasteiger partial charge on any atom is 0.0574 e. The molecule has 0 amide bonds. The monoisotopic (exact) mass is 329 g/mol. The Labute approximate surface area is 149 Å². The van der Waals surface area contributed by atoms with E-state index in [1.165, 1.54) is 22.4 Å². The van der Waals surface area contributed by atoms with Gasteiger partial charge in [-0.25, -0.2) is 0 Å². The van der Waals surface area contributed by atoms with Crippen LogP contribution in [-0.4, -0.2) is 31.3 Å². The third-order valence-corrected chi connectivity index (χ3v) is 4.12. The summed E-state index contributed by atoms with van der Waals surface area (Å²) in [6.07, 6.45) is 12.1. The SMILES string of the molecule is CCN=C1C=CC(=C(c2ccc(N(C)C)cc2)c2cccnc2)C=C1. The van der Waals surface area contributed by atoms with E-state index in [-0.39, 0.29) is 0 Å². The van der Waals surface area contributed by atoms with Crippen molar-refractivity contribution in [2.75, 3.05) is 25.5 Å². The molecule has 0 fully saturated rings. The van der Waals surface area contributed by atoms with Crippen LogP contribution in [-0.2, 0) is 0 Å². The molecule has 1 aromatic heterocycles. The summed E-state index contributed by atoms with van der Waals surface area (Å²) in [4.78, 5) is 10.9. The smallest absolute Gasteiger partial charge is 0.0574 e. The van der Waals surface area contributed by atoms with Gasteiger partial charge in [-0.1, -0.05) is 30.4 Å². The molecule has 3 heteroatoms. The number of aliphatic imine (C=N–C) groups is 1. The van der Waals surface area contributed by atoms with E-state index in [4.69, 9.17) is 0 Å². The summed E-state index contributed by atoms with van der Waals surface area (Å²) < 4.78 is 0. The van der Waals surface area contributed by atoms with E-state index in [1.807, 2.05) is 19.2 Å². The van der Waals surface area contributed by atoms with Gasteiger partial charge in [0.1, 0.15) is 0 Å². The molecular weight excluding hydrogens is 306 g/mol. The van der Waals surface area contributed by atoms with Crippen molar-refractivity contribution in [3.8, 4) is 0 Å². The molecule has 3 rings (SSSR count). The standard InChI is InChI=1S/C22H23N3/c1-4-24-20-11-7-17(8-12-20)22(19-6-5-15-23-16-19)18-9-13-21(14-10-18)25(2)3/h5-16H,4H2,1-3H3. The van der Waals surface area contributed by atoms with Gasteiger partial charge in [0, 0.05) is 44.3 Å². The van der Waals surface area contributed by atoms with Gasteiger partial charge in [0.15, 0.2) is 0 Å². The highest BCUT2D eigenvalue weighted by atomic mass is 15.1. The average Bonchev–Trinajstić information content (AvgIpc) is 2.65. The lowest BCUT2D eigenvalue weighted by Gasteiger charge is -2.16. The number of allylic oxidation sites excluding steroid dienone is 5. The van der Waals surface area contributed by atoms with Gasteiger partial charge in [-0.3, -0.25) is 9.98 Å². The molecule has 0 saturated heterocycles. The Morgan fingerprint density at radius 3 is 2.24 bits per heavy atom. The molecule has 0 bridgehead atoms. The fourth-order valence-corrected chi connectivity index (χ4v) is 2.85. The lowest BCUT2D eigenvalue weighted by atomic mass is 9.91. The molecule has 1 heterocycles. The Bertz CT molecular complexity index is 821. The molecule has 0 saturated carbocycles. The Balaban J connectivity index is 2.09. The van der Waals surface area contributed by atoms with Crippen LogP contribution in [0.2, 0.25) is 0 Å². The molecular formula is C22H23N3. The second-order valence-electron chi connectivity index (χ2n) is 6.08. The Morgan fingerprint density at radius 1 is 0.960 bits per heavy atom. The first-order valence-corrected chi connectivity index (χ1v) is 8.52. The summed E-state index contributed by atoms with van der Waals surface area (Å²) in [7, 11) is 4.10. The van der Waals surface area contributed by atoms with Crippen LogP contribution in [0.4, 0.5) is 5.69 Å². The van der Waals surface area contributed by atoms with Crippen molar-refractivity contribution in [2.24, 2.45) is 4.99 Å². The van der Waals surface area contributed by atoms with Crippen molar-refractivity contribution in [3.63, 3.8) is 0 Å². The Kier molecular flexibility index (Phi) is 5.24. The highest BCUT2D eigenvalue weighted by Crippen LogP contribution is 2.30. The summed E-state index contributed by atoms with van der Waals surface area (Å²) >= 11 is 0. The molecule has 0 radical (unpaired) electrons. The predicted molar refractivity (Wildman–Crippen MR) is 107 cm³/mol. The normalized spacial score (nSPS) is 13.1. The van der Waals surface area contributed by atoms with E-state index in [9.17, 15) is 0 Å². The Morgan fingerprint density at radius 2 is 1.68 bits per heavy atom. The van der Waals surface area contributed by atoms with E-state index in [0.29, 0.717) is 0 Å². The molecule has 0 unspecified atom stereocenters. The topological polar surface area (TPSA) is 28.5 Å². The lowest BCUT2D eigenvalue weighted by Crippen LogP contribution is -2.08. The van der Waals surface area contributed by atoms with Crippen LogP contribution < -0.4 is 4.90 Å². The quantitative estimate of drug-likeness (QED) is 0.824. The van der Waals surface area contributed by atoms with Crippen molar-refractivity contribution in [1.29, 1.82) is 0 Å². The van der Waals surface area contributed by atoms with Crippen LogP contribution in [0.3, 0.4) is 0 Å². The van der Waals surface area contributed by atoms with Gasteiger partial charge < -0.3 is 4.90 Å². The van der Waals surface area contributed by atoms with E-state index in [1.54, 1.807) is 6.20 Å². The van der Waals surface area contributed by atoms with Crippen molar-refractivity contribution in [2.45, 2.75) is 6.92 Å². The van der Waals surface area contributed by atoms with Crippen LogP contribution in [0, 0.1) is 0 Å². The minimum Gasteiger partial charge on any atom is -0.378 e. The minimum absolute atomic E-state index is 0.796. The number of anilines is 1. The molecule has 126 valence electrons. The predicted octanol–water partition coefficient (Wildman–Crippen LogP) is 4.54. The summed E-state index contributed by atoms with van der Waals surface area (Å²) in [5.74, 6) is 0. The molecule has 1 aliphatic carbocycles. The first-order chi connectivity index (χ1) is 12.2. The number of nitrogens with zero attached hydrogens (tertiary/aromatic N) is 3. The molecule has 2 aromatic rings. The van der Waals surface area contributed by atoms with E-state index < -0.39 is 0 Å². The summed E-state index contributed by atoms with van der Waals surface area (Å²) in [5, 5.41) is 0. The molecule has 0 spiro atoms. The zero-order valence-corrected chi connectivity index (χ0v) is 15.0. The number of hydrogen-bond acceptors (Lipinski definition) is 3. The van der Waals surface area contributed by atoms with Crippen molar-refractivity contribution in [3.05, 3.63) is 89.8 Å². The maximum atomic E-state index is 4.46. The number of aromatic nitrogens is 1. The van der Waals surface area contributed by atoms with Crippen LogP contribution >= 0.6 is 0 Å². The second-order valence-corrected chi connectivity index (χ2v) is 6.08. The fourth-order valence-electron chi connectivity index (χ4n) is 2.85. The van der Waals surface area contributed by atoms with E-state index >= 15 is 0 Å². The zero-order valence-electron chi connectivity index (χ0n) is 15.0. The molecule has 0 atom stereocenters. The third kappa shape index (κ3) is 3.94. The molecule has 0 N–H and O–H groups in total. The summed E-state index contributed by atoms with van der Waals surface area (Å²) in [5.41, 5.74) is 6.84. The van der Waals surface area contributed by atoms with Crippen LogP contribution in [0.5, 0.6) is 0 Å². The Hall–Kier alpha value is -2.94. The van der Waals surface area contributed by atoms with Crippen LogP contribution in [0.1, 0.15) is 18.1 Å². The second kappa shape index (κ2) is 7.75. The molecule has 1 aromatic carbocycles. The zero-order chi connectivity index (χ0) is 17.6. The summed E-state index contributed by atoms with van der Waals surface area (Å²) in [6, 6.07) is 12.7. The lowest BCUT2D eigenvalue weighted by molar-refractivity contribution is 1.13. The largest absolute Gasteiger partial charge is 0.378 e. The van der Waals surface area contributed by atoms with Gasteiger partial charge in [0.25, 0.3) is 0 Å². The minimum atomic E-state index is 0.796. The van der Waals surface area contributed by atoms with Gasteiger partial charge in [-0.05, 0) is 54.0 Å². The average molecular weight is 329 g/mol. The number of pyridine rings is 1.